The second kappa shape index (κ2) is 33.1. The maximum atomic E-state index is 15.0. The van der Waals surface area contributed by atoms with Crippen molar-refractivity contribution in [2.24, 2.45) is 65.8 Å². The zero-order chi connectivity index (χ0) is 58.6. The highest BCUT2D eigenvalue weighted by atomic mass is 16.2. The van der Waals surface area contributed by atoms with E-state index in [-0.39, 0.29) is 127 Å². The predicted molar refractivity (Wildman–Crippen MR) is 304 cm³/mol. The van der Waals surface area contributed by atoms with Crippen LogP contribution in [0.4, 0.5) is 0 Å². The highest BCUT2D eigenvalue weighted by Gasteiger charge is 2.36. The van der Waals surface area contributed by atoms with Crippen LogP contribution in [-0.2, 0) is 51.2 Å². The van der Waals surface area contributed by atoms with E-state index in [9.17, 15) is 38.4 Å². The molecule has 28 nitrogen and oxygen atoms in total. The van der Waals surface area contributed by atoms with Crippen molar-refractivity contribution in [2.45, 2.75) is 119 Å². The number of carbonyl (C=O) groups excluding carboxylic acids is 8. The van der Waals surface area contributed by atoms with Crippen LogP contribution < -0.4 is 88.4 Å². The smallest absolute Gasteiger partial charge is 0.243 e. The highest BCUT2D eigenvalue weighted by molar-refractivity contribution is 5.99. The number of carbonyl (C=O) groups is 8. The van der Waals surface area contributed by atoms with Crippen molar-refractivity contribution in [1.29, 1.82) is 0 Å². The van der Waals surface area contributed by atoms with E-state index < -0.39 is 89.6 Å². The first-order chi connectivity index (χ1) is 38.2. The minimum atomic E-state index is -1.51. The molecular weight excluding hydrogens is 1030 g/mol. The number of nitrogens with one attached hydrogen (secondary N) is 8. The van der Waals surface area contributed by atoms with Crippen LogP contribution >= 0.6 is 0 Å². The Balaban J connectivity index is 1.93. The number of hydrogen-bond acceptors (Lipinski definition) is 12. The molecule has 1 aliphatic heterocycles. The van der Waals surface area contributed by atoms with Gasteiger partial charge in [-0.15, -0.1) is 0 Å². The Kier molecular flexibility index (Phi) is 26.2. The SMILES string of the molecule is CNC(=O)CC[C@@H]1NC(=O)[C@H](CCCN=C(N)N)NC(=O)[C@H](CCCN=C(N)N)NC(=O)[C@H](Cc2ccccc2)NC(=O)C(Cc2ccc3ccccc3c2)NC(=O)[C@H](CCCN=C(N)N)NC(=O)[C@H](CCCN=C(N)N)NC1=O. The standard InChI is InChI=1S/C52H78N20O8/c1-61-41(73)22-21-38-46(78)68-34(15-7-23-62-49(53)54)42(74)67-37(18-10-26-65-52(59)60)45(77)71-40(29-31-19-20-32-13-5-6-14-33(32)27-31)48(80)72-39(28-30-11-3-2-4-12-30)47(79)69-36(17-9-25-64-51(57)58)43(75)66-35(44(76)70-38)16-8-24-63-50(55)56/h2-6,11-14,19-20,27,34-40H,7-10,15-18,21-26,28-29H2,1H3,(H,61,73)(H,66,75)(H,67,74)(H,68,78)(H,69,79)(H,70,76)(H,71,77)(H,72,80)(H4,53,54,62)(H4,55,56,63)(H4,57,58,64)(H4,59,60,65)/t34-,35-,36-,37-,38-,39-,40?/m0/s1. The Morgan fingerprint density at radius 2 is 0.713 bits per heavy atom. The van der Waals surface area contributed by atoms with Crippen molar-refractivity contribution >= 4 is 81.9 Å². The Bertz CT molecular complexity index is 2710. The number of amides is 8. The number of hydrogen-bond donors (Lipinski definition) is 16. The van der Waals surface area contributed by atoms with Crippen molar-refractivity contribution in [1.82, 2.24) is 42.5 Å². The Morgan fingerprint density at radius 3 is 1.07 bits per heavy atom. The summed E-state index contributed by atoms with van der Waals surface area (Å²) in [6.07, 6.45) is -0.667. The van der Waals surface area contributed by atoms with Gasteiger partial charge in [0, 0.05) is 52.5 Å². The van der Waals surface area contributed by atoms with Crippen LogP contribution in [0.5, 0.6) is 0 Å². The molecule has 0 aliphatic carbocycles. The quantitative estimate of drug-likeness (QED) is 0.0243. The van der Waals surface area contributed by atoms with Gasteiger partial charge in [-0.25, -0.2) is 0 Å². The lowest BCUT2D eigenvalue weighted by Gasteiger charge is -2.28. The third kappa shape index (κ3) is 22.8. The first kappa shape index (κ1) is 63.3. The molecule has 1 heterocycles. The first-order valence-corrected chi connectivity index (χ1v) is 26.3. The molecule has 80 heavy (non-hydrogen) atoms. The van der Waals surface area contributed by atoms with Crippen molar-refractivity contribution in [3.05, 3.63) is 83.9 Å². The number of aliphatic imine (C=N–C) groups is 4. The fourth-order valence-corrected chi connectivity index (χ4v) is 8.53. The van der Waals surface area contributed by atoms with E-state index in [4.69, 9.17) is 45.9 Å². The van der Waals surface area contributed by atoms with Crippen LogP contribution in [0.1, 0.15) is 75.3 Å². The molecule has 3 aromatic carbocycles. The van der Waals surface area contributed by atoms with Gasteiger partial charge in [0.25, 0.3) is 0 Å². The summed E-state index contributed by atoms with van der Waals surface area (Å²) >= 11 is 0. The Morgan fingerprint density at radius 1 is 0.400 bits per heavy atom. The van der Waals surface area contributed by atoms with Gasteiger partial charge in [-0.2, -0.15) is 0 Å². The van der Waals surface area contributed by atoms with Crippen LogP contribution in [-0.4, -0.2) is 147 Å². The summed E-state index contributed by atoms with van der Waals surface area (Å²) in [5, 5.41) is 23.4. The fourth-order valence-electron chi connectivity index (χ4n) is 8.53. The minimum Gasteiger partial charge on any atom is -0.370 e. The molecule has 1 aliphatic rings. The lowest BCUT2D eigenvalue weighted by molar-refractivity contribution is -0.135. The average molecular weight is 1110 g/mol. The van der Waals surface area contributed by atoms with Crippen LogP contribution in [0, 0.1) is 0 Å². The Labute approximate surface area is 463 Å². The normalized spacial score (nSPS) is 20.6. The molecule has 1 unspecified atom stereocenters. The molecule has 0 saturated carbocycles. The maximum Gasteiger partial charge on any atom is 0.243 e. The molecule has 7 atom stereocenters. The lowest BCUT2D eigenvalue weighted by Crippen LogP contribution is -2.60. The van der Waals surface area contributed by atoms with Crippen molar-refractivity contribution in [3.8, 4) is 0 Å². The summed E-state index contributed by atoms with van der Waals surface area (Å²) in [6.45, 7) is 0.112. The van der Waals surface area contributed by atoms with E-state index in [0.29, 0.717) is 11.1 Å². The lowest BCUT2D eigenvalue weighted by atomic mass is 9.99. The molecule has 0 radical (unpaired) electrons. The van der Waals surface area contributed by atoms with Crippen LogP contribution in [0.2, 0.25) is 0 Å². The van der Waals surface area contributed by atoms with E-state index >= 15 is 0 Å². The largest absolute Gasteiger partial charge is 0.370 e. The highest BCUT2D eigenvalue weighted by Crippen LogP contribution is 2.18. The average Bonchev–Trinajstić information content (AvgIpc) is 3.44. The molecule has 8 amide bonds. The molecule has 24 N–H and O–H groups in total. The maximum absolute atomic E-state index is 15.0. The van der Waals surface area contributed by atoms with Gasteiger partial charge in [0.2, 0.25) is 47.3 Å². The van der Waals surface area contributed by atoms with Gasteiger partial charge in [-0.1, -0.05) is 72.8 Å². The third-order valence-electron chi connectivity index (χ3n) is 12.7. The van der Waals surface area contributed by atoms with Crippen molar-refractivity contribution in [2.75, 3.05) is 33.2 Å². The van der Waals surface area contributed by atoms with E-state index in [1.165, 1.54) is 7.05 Å². The number of nitrogens with two attached hydrogens (primary N) is 8. The molecule has 4 rings (SSSR count). The predicted octanol–water partition coefficient (Wildman–Crippen LogP) is -4.23. The zero-order valence-corrected chi connectivity index (χ0v) is 45.0. The molecule has 0 aromatic heterocycles. The number of rotatable bonds is 23. The summed E-state index contributed by atoms with van der Waals surface area (Å²) in [7, 11) is 1.38. The van der Waals surface area contributed by atoms with Crippen LogP contribution in [0.3, 0.4) is 0 Å². The van der Waals surface area contributed by atoms with Crippen molar-refractivity contribution < 1.29 is 38.4 Å². The molecule has 1 fully saturated rings. The number of fused-ring (bicyclic) bond motifs is 1. The van der Waals surface area contributed by atoms with Gasteiger partial charge in [0.05, 0.1) is 0 Å². The number of benzene rings is 3. The minimum absolute atomic E-state index is 0.0198. The van der Waals surface area contributed by atoms with Gasteiger partial charge in [0.1, 0.15) is 42.3 Å². The monoisotopic (exact) mass is 1110 g/mol. The summed E-state index contributed by atoms with van der Waals surface area (Å²) in [4.78, 5) is 131. The summed E-state index contributed by atoms with van der Waals surface area (Å²) < 4.78 is 0. The van der Waals surface area contributed by atoms with Gasteiger partial charge in [0.15, 0.2) is 23.8 Å². The fraction of sp³-hybridized carbons (Fsp3) is 0.462. The van der Waals surface area contributed by atoms with Gasteiger partial charge < -0.3 is 88.4 Å². The summed E-state index contributed by atoms with van der Waals surface area (Å²) in [5.41, 5.74) is 45.9. The third-order valence-corrected chi connectivity index (χ3v) is 12.7. The number of guanidine groups is 4. The van der Waals surface area contributed by atoms with Crippen LogP contribution in [0.25, 0.3) is 10.8 Å². The molecular formula is C52H78N20O8. The molecule has 0 spiro atoms. The van der Waals surface area contributed by atoms with E-state index in [1.807, 2.05) is 36.4 Å². The van der Waals surface area contributed by atoms with Gasteiger partial charge in [-0.05, 0) is 79.7 Å². The van der Waals surface area contributed by atoms with E-state index in [0.717, 1.165) is 10.8 Å². The second-order valence-corrected chi connectivity index (χ2v) is 19.0. The van der Waals surface area contributed by atoms with E-state index in [1.54, 1.807) is 36.4 Å². The van der Waals surface area contributed by atoms with Crippen LogP contribution in [0.15, 0.2) is 92.8 Å². The summed E-state index contributed by atoms with van der Waals surface area (Å²) in [6, 6.07) is 11.8. The zero-order valence-electron chi connectivity index (χ0n) is 45.0. The molecule has 3 aromatic rings. The topological polar surface area (TPSA) is 490 Å². The van der Waals surface area contributed by atoms with Gasteiger partial charge >= 0.3 is 0 Å². The summed E-state index contributed by atoms with van der Waals surface area (Å²) in [5.74, 6) is -7.37. The number of nitrogens with zero attached hydrogens (tertiary/aromatic N) is 4. The molecule has 1 saturated heterocycles. The molecule has 0 bridgehead atoms. The molecule has 28 heteroatoms. The molecule has 434 valence electrons. The first-order valence-electron chi connectivity index (χ1n) is 26.3. The van der Waals surface area contributed by atoms with Crippen molar-refractivity contribution in [3.63, 3.8) is 0 Å². The second-order valence-electron chi connectivity index (χ2n) is 19.0. The van der Waals surface area contributed by atoms with E-state index in [2.05, 4.69) is 62.5 Å². The Hall–Kier alpha value is -9.24. The van der Waals surface area contributed by atoms with Gasteiger partial charge in [-0.3, -0.25) is 58.3 Å².